The molecule has 5 nitrogen and oxygen atoms in total. The molecular weight excluding hydrogens is 510 g/mol. The van der Waals surface area contributed by atoms with Gasteiger partial charge in [0.1, 0.15) is 11.2 Å². The number of benzene rings is 3. The summed E-state index contributed by atoms with van der Waals surface area (Å²) in [6.45, 7) is 7.80. The van der Waals surface area contributed by atoms with Gasteiger partial charge in [-0.25, -0.2) is 0 Å². The maximum absolute atomic E-state index is 8.11. The summed E-state index contributed by atoms with van der Waals surface area (Å²) in [5.41, 5.74) is 6.45. The Labute approximate surface area is 242 Å². The smallest absolute Gasteiger partial charge is 0.280 e. The van der Waals surface area contributed by atoms with Crippen LogP contribution in [0.25, 0.3) is 22.7 Å². The van der Waals surface area contributed by atoms with Crippen molar-refractivity contribution in [2.24, 2.45) is 0 Å². The number of nitrogens with zero attached hydrogens (tertiary/aromatic N) is 3. The van der Waals surface area contributed by atoms with Crippen molar-refractivity contribution in [2.75, 3.05) is 36.4 Å². The number of amidine groups is 1. The number of thioether (sulfide) groups is 1. The van der Waals surface area contributed by atoms with Crippen LogP contribution in [0.15, 0.2) is 88.8 Å². The number of aromatic nitrogens is 1. The number of aryl methyl sites for hydroxylation is 1. The van der Waals surface area contributed by atoms with Crippen molar-refractivity contribution in [1.82, 2.24) is 4.90 Å². The van der Waals surface area contributed by atoms with E-state index < -0.39 is 0 Å². The molecule has 6 rings (SSSR count). The van der Waals surface area contributed by atoms with Crippen molar-refractivity contribution in [1.29, 1.82) is 5.41 Å². The van der Waals surface area contributed by atoms with Gasteiger partial charge in [0.2, 0.25) is 0 Å². The van der Waals surface area contributed by atoms with Crippen LogP contribution < -0.4 is 14.8 Å². The number of anilines is 2. The van der Waals surface area contributed by atoms with E-state index in [-0.39, 0.29) is 0 Å². The highest BCUT2D eigenvalue weighted by atomic mass is 32.2. The van der Waals surface area contributed by atoms with Crippen molar-refractivity contribution in [3.05, 3.63) is 95.0 Å². The average molecular weight is 549 g/mol. The first-order chi connectivity index (χ1) is 19.6. The van der Waals surface area contributed by atoms with Crippen LogP contribution >= 0.6 is 11.8 Å². The van der Waals surface area contributed by atoms with Gasteiger partial charge in [0.05, 0.1) is 23.1 Å². The number of fused-ring (bicyclic) bond motifs is 1. The van der Waals surface area contributed by atoms with Gasteiger partial charge in [0.25, 0.3) is 5.82 Å². The first-order valence-electron chi connectivity index (χ1n) is 14.5. The quantitative estimate of drug-likeness (QED) is 0.0985. The molecule has 2 aliphatic heterocycles. The first kappa shape index (κ1) is 26.5. The summed E-state index contributed by atoms with van der Waals surface area (Å²) < 4.78 is 2.35. The molecule has 4 aromatic rings. The summed E-state index contributed by atoms with van der Waals surface area (Å²) in [7, 11) is 0. The molecule has 0 amide bonds. The Morgan fingerprint density at radius 3 is 2.70 bits per heavy atom. The molecule has 0 fully saturated rings. The van der Waals surface area contributed by atoms with Gasteiger partial charge >= 0.3 is 0 Å². The highest BCUT2D eigenvalue weighted by Gasteiger charge is 2.30. The second-order valence-corrected chi connectivity index (χ2v) is 11.7. The van der Waals surface area contributed by atoms with Crippen LogP contribution in [-0.4, -0.2) is 36.9 Å². The molecule has 0 unspecified atom stereocenters. The lowest BCUT2D eigenvalue weighted by molar-refractivity contribution is -0.551. The zero-order chi connectivity index (χ0) is 27.5. The normalized spacial score (nSPS) is 14.9. The maximum Gasteiger partial charge on any atom is 0.280 e. The highest BCUT2D eigenvalue weighted by molar-refractivity contribution is 8.03. The number of hydrogen-bond donors (Lipinski definition) is 2. The second-order valence-electron chi connectivity index (χ2n) is 10.6. The number of para-hydroxylation sites is 3. The van der Waals surface area contributed by atoms with E-state index >= 15 is 0 Å². The van der Waals surface area contributed by atoms with E-state index in [9.17, 15) is 0 Å². The minimum atomic E-state index is 0.650. The lowest BCUT2D eigenvalue weighted by Crippen LogP contribution is -2.37. The van der Waals surface area contributed by atoms with Crippen molar-refractivity contribution < 1.29 is 4.57 Å². The topological polar surface area (TPSA) is 46.2 Å². The molecule has 3 heterocycles. The van der Waals surface area contributed by atoms with E-state index in [0.717, 1.165) is 50.5 Å². The number of hydrogen-bond acceptors (Lipinski definition) is 4. The summed E-state index contributed by atoms with van der Waals surface area (Å²) in [4.78, 5) is 6.07. The number of nitrogens with one attached hydrogen (secondary N) is 2. The first-order valence-corrected chi connectivity index (χ1v) is 15.3. The fraction of sp³-hybridized carbons (Fsp3) is 0.294. The van der Waals surface area contributed by atoms with Crippen LogP contribution in [0.1, 0.15) is 44.2 Å². The van der Waals surface area contributed by atoms with E-state index in [4.69, 9.17) is 5.41 Å². The monoisotopic (exact) mass is 548 g/mol. The third kappa shape index (κ3) is 5.20. The highest BCUT2D eigenvalue weighted by Crippen LogP contribution is 2.50. The molecular formula is C34H38N5S+. The third-order valence-corrected chi connectivity index (χ3v) is 8.92. The second kappa shape index (κ2) is 11.8. The Kier molecular flexibility index (Phi) is 7.78. The summed E-state index contributed by atoms with van der Waals surface area (Å²) >= 11 is 1.90. The molecule has 0 bridgehead atoms. The van der Waals surface area contributed by atoms with Gasteiger partial charge in [0.15, 0.2) is 0 Å². The van der Waals surface area contributed by atoms with Gasteiger partial charge in [-0.3, -0.25) is 10.7 Å². The third-order valence-electron chi connectivity index (χ3n) is 7.82. The zero-order valence-electron chi connectivity index (χ0n) is 23.5. The minimum absolute atomic E-state index is 0.650. The van der Waals surface area contributed by atoms with Crippen LogP contribution in [-0.2, 0) is 6.42 Å². The molecule has 0 saturated carbocycles. The van der Waals surface area contributed by atoms with Crippen LogP contribution in [0.3, 0.4) is 0 Å². The molecule has 3 aromatic carbocycles. The van der Waals surface area contributed by atoms with Crippen LogP contribution in [0, 0.1) is 5.41 Å². The van der Waals surface area contributed by atoms with Crippen LogP contribution in [0.4, 0.5) is 11.5 Å². The molecule has 40 heavy (non-hydrogen) atoms. The van der Waals surface area contributed by atoms with Gasteiger partial charge in [-0.1, -0.05) is 67.2 Å². The van der Waals surface area contributed by atoms with Gasteiger partial charge in [0, 0.05) is 42.4 Å². The van der Waals surface area contributed by atoms with Crippen molar-refractivity contribution in [2.45, 2.75) is 44.4 Å². The summed E-state index contributed by atoms with van der Waals surface area (Å²) in [5.74, 6) is 1.74. The summed E-state index contributed by atoms with van der Waals surface area (Å²) in [6.07, 6.45) is 6.77. The molecule has 0 atom stereocenters. The van der Waals surface area contributed by atoms with Crippen LogP contribution in [0.2, 0.25) is 0 Å². The van der Waals surface area contributed by atoms with Crippen LogP contribution in [0.5, 0.6) is 0 Å². The Morgan fingerprint density at radius 2 is 1.88 bits per heavy atom. The fourth-order valence-corrected chi connectivity index (χ4v) is 7.16. The lowest BCUT2D eigenvalue weighted by Gasteiger charge is -2.27. The van der Waals surface area contributed by atoms with Gasteiger partial charge in [-0.2, -0.15) is 4.57 Å². The zero-order valence-corrected chi connectivity index (χ0v) is 24.3. The van der Waals surface area contributed by atoms with Crippen molar-refractivity contribution in [3.63, 3.8) is 0 Å². The largest absolute Gasteiger partial charge is 0.361 e. The predicted molar refractivity (Wildman–Crippen MR) is 170 cm³/mol. The Hall–Kier alpha value is -3.77. The molecule has 0 radical (unpaired) electrons. The van der Waals surface area contributed by atoms with Gasteiger partial charge < -0.3 is 9.80 Å². The molecule has 6 heteroatoms. The maximum atomic E-state index is 8.11. The van der Waals surface area contributed by atoms with Crippen molar-refractivity contribution >= 4 is 46.1 Å². The Bertz CT molecular complexity index is 1560. The van der Waals surface area contributed by atoms with E-state index in [0.29, 0.717) is 5.84 Å². The Balaban J connectivity index is 1.39. The average Bonchev–Trinajstić information content (AvgIpc) is 3.34. The summed E-state index contributed by atoms with van der Waals surface area (Å²) in [5, 5.41) is 14.5. The van der Waals surface area contributed by atoms with Gasteiger partial charge in [-0.05, 0) is 67.7 Å². The van der Waals surface area contributed by atoms with E-state index in [1.54, 1.807) is 0 Å². The molecule has 204 valence electrons. The lowest BCUT2D eigenvalue weighted by atomic mass is 10.0. The minimum Gasteiger partial charge on any atom is -0.361 e. The predicted octanol–water partition coefficient (Wildman–Crippen LogP) is 7.48. The van der Waals surface area contributed by atoms with E-state index in [2.05, 4.69) is 112 Å². The molecule has 1 aromatic heterocycles. The molecule has 2 aliphatic rings. The fourth-order valence-electron chi connectivity index (χ4n) is 5.97. The summed E-state index contributed by atoms with van der Waals surface area (Å²) in [6, 6.07) is 28.5. The molecule has 0 saturated heterocycles. The van der Waals surface area contributed by atoms with Gasteiger partial charge in [-0.15, -0.1) is 0 Å². The molecule has 0 spiro atoms. The SMILES string of the molecule is CCCN(CCCNc1cc(C=C2Sc3cccc4c3N2CCC4)c2ccccc2[n+]1-c1ccccc1)C(C)=N. The molecule has 0 aliphatic carbocycles. The number of rotatable bonds is 9. The number of pyridine rings is 1. The molecule has 2 N–H and O–H groups in total. The van der Waals surface area contributed by atoms with E-state index in [1.807, 2.05) is 18.7 Å². The van der Waals surface area contributed by atoms with E-state index in [1.165, 1.54) is 50.5 Å². The van der Waals surface area contributed by atoms with Crippen molar-refractivity contribution in [3.8, 4) is 5.69 Å². The Morgan fingerprint density at radius 1 is 1.05 bits per heavy atom. The standard InChI is InChI=1S/C34H37N5S/c1-3-20-37(25(2)35)21-11-19-36-32-23-27(24-33-38-22-10-13-26-12-9-18-31(40-33)34(26)38)29-16-7-8-17-30(29)39(32)28-14-5-4-6-15-28/h4-9,12,14-18,23-24,35H,3,10-11,13,19-22H2,1-2H3/p+1.